The van der Waals surface area contributed by atoms with E-state index in [1.807, 2.05) is 36.4 Å². The first-order chi connectivity index (χ1) is 9.34. The number of Topliss-reactive ketones (excluding diaryl/α,β-unsaturated/α-hetero) is 1. The van der Waals surface area contributed by atoms with Crippen molar-refractivity contribution in [3.05, 3.63) is 60.1 Å². The molecule has 4 heteroatoms. The average Bonchev–Trinajstić information content (AvgIpc) is 2.98. The summed E-state index contributed by atoms with van der Waals surface area (Å²) in [6, 6.07) is 9.70. The fourth-order valence-corrected chi connectivity index (χ4v) is 2.02. The van der Waals surface area contributed by atoms with Gasteiger partial charge in [0, 0.05) is 6.20 Å². The van der Waals surface area contributed by atoms with Crippen LogP contribution in [0.25, 0.3) is 5.69 Å². The number of carbonyl (C=O) groups is 1. The van der Waals surface area contributed by atoms with Crippen molar-refractivity contribution in [2.24, 2.45) is 0 Å². The smallest absolute Gasteiger partial charge is 0.230 e. The summed E-state index contributed by atoms with van der Waals surface area (Å²) in [5.74, 6) is 0.348. The van der Waals surface area contributed by atoms with Crippen LogP contribution in [0.1, 0.15) is 23.2 Å². The highest BCUT2D eigenvalue weighted by atomic mass is 16.5. The maximum Gasteiger partial charge on any atom is 0.230 e. The first kappa shape index (κ1) is 11.7. The Hall–Kier alpha value is -2.36. The van der Waals surface area contributed by atoms with Crippen molar-refractivity contribution in [1.82, 2.24) is 9.78 Å². The third-order valence-corrected chi connectivity index (χ3v) is 3.03. The van der Waals surface area contributed by atoms with Gasteiger partial charge in [0.05, 0.1) is 24.1 Å². The fraction of sp³-hybridized carbons (Fsp3) is 0.200. The highest BCUT2D eigenvalue weighted by Gasteiger charge is 2.17. The second-order valence-electron chi connectivity index (χ2n) is 4.40. The van der Waals surface area contributed by atoms with Crippen LogP contribution in [0.4, 0.5) is 0 Å². The lowest BCUT2D eigenvalue weighted by Crippen LogP contribution is -2.10. The van der Waals surface area contributed by atoms with Crippen LogP contribution in [0.2, 0.25) is 0 Å². The molecule has 1 aromatic carbocycles. The summed E-state index contributed by atoms with van der Waals surface area (Å²) in [6.07, 6.45) is 7.03. The van der Waals surface area contributed by atoms with Crippen LogP contribution in [-0.2, 0) is 4.74 Å². The molecule has 0 N–H and O–H groups in total. The van der Waals surface area contributed by atoms with Crippen molar-refractivity contribution in [1.29, 1.82) is 0 Å². The van der Waals surface area contributed by atoms with Crippen LogP contribution in [0, 0.1) is 0 Å². The Kier molecular flexibility index (Phi) is 3.14. The highest BCUT2D eigenvalue weighted by molar-refractivity contribution is 6.07. The van der Waals surface area contributed by atoms with Crippen molar-refractivity contribution >= 4 is 5.78 Å². The van der Waals surface area contributed by atoms with Crippen molar-refractivity contribution < 1.29 is 9.53 Å². The van der Waals surface area contributed by atoms with Crippen LogP contribution in [0.5, 0.6) is 0 Å². The van der Waals surface area contributed by atoms with E-state index in [2.05, 4.69) is 5.10 Å². The number of nitrogens with zero attached hydrogens (tertiary/aromatic N) is 2. The topological polar surface area (TPSA) is 44.1 Å². The van der Waals surface area contributed by atoms with E-state index in [0.717, 1.165) is 18.5 Å². The quantitative estimate of drug-likeness (QED) is 0.791. The number of hydrogen-bond acceptors (Lipinski definition) is 3. The van der Waals surface area contributed by atoms with E-state index >= 15 is 0 Å². The van der Waals surface area contributed by atoms with Gasteiger partial charge in [-0.1, -0.05) is 18.2 Å². The summed E-state index contributed by atoms with van der Waals surface area (Å²) in [7, 11) is 0. The predicted octanol–water partition coefficient (Wildman–Crippen LogP) is 2.75. The second-order valence-corrected chi connectivity index (χ2v) is 4.40. The van der Waals surface area contributed by atoms with Crippen molar-refractivity contribution in [2.45, 2.75) is 12.8 Å². The summed E-state index contributed by atoms with van der Waals surface area (Å²) < 4.78 is 7.07. The molecule has 19 heavy (non-hydrogen) atoms. The van der Waals surface area contributed by atoms with Crippen molar-refractivity contribution in [3.8, 4) is 5.69 Å². The molecule has 1 aliphatic rings. The van der Waals surface area contributed by atoms with Gasteiger partial charge in [0.2, 0.25) is 5.78 Å². The Morgan fingerprint density at radius 2 is 2.11 bits per heavy atom. The minimum atomic E-state index is -0.0955. The largest absolute Gasteiger partial charge is 0.490 e. The standard InChI is InChI=1S/C15H14N2O2/c18-15(14-8-4-5-9-19-14)12-10-16-17(11-12)13-6-2-1-3-7-13/h1-3,6-8,10-11H,4-5,9H2. The number of ether oxygens (including phenoxy) is 1. The van der Waals surface area contributed by atoms with E-state index < -0.39 is 0 Å². The summed E-state index contributed by atoms with van der Waals surface area (Å²) in [5, 5.41) is 4.22. The van der Waals surface area contributed by atoms with Crippen molar-refractivity contribution in [2.75, 3.05) is 6.61 Å². The van der Waals surface area contributed by atoms with Crippen LogP contribution >= 0.6 is 0 Å². The van der Waals surface area contributed by atoms with Gasteiger partial charge in [-0.25, -0.2) is 4.68 Å². The van der Waals surface area contributed by atoms with Gasteiger partial charge >= 0.3 is 0 Å². The molecule has 0 spiro atoms. The van der Waals surface area contributed by atoms with Crippen LogP contribution < -0.4 is 0 Å². The lowest BCUT2D eigenvalue weighted by molar-refractivity contribution is 0.0899. The number of aromatic nitrogens is 2. The molecule has 0 aliphatic carbocycles. The molecular formula is C15H14N2O2. The molecule has 0 radical (unpaired) electrons. The number of hydrogen-bond donors (Lipinski definition) is 0. The van der Waals surface area contributed by atoms with E-state index in [-0.39, 0.29) is 5.78 Å². The first-order valence-corrected chi connectivity index (χ1v) is 6.32. The van der Waals surface area contributed by atoms with E-state index in [9.17, 15) is 4.79 Å². The zero-order valence-corrected chi connectivity index (χ0v) is 10.5. The summed E-state index contributed by atoms with van der Waals surface area (Å²) in [6.45, 7) is 0.615. The SMILES string of the molecule is O=C(C1=CCCCO1)c1cnn(-c2ccccc2)c1. The summed E-state index contributed by atoms with van der Waals surface area (Å²) in [5.41, 5.74) is 1.48. The molecule has 3 rings (SSSR count). The van der Waals surface area contributed by atoms with Gasteiger partial charge in [0.25, 0.3) is 0 Å². The molecule has 4 nitrogen and oxygen atoms in total. The molecule has 2 aromatic rings. The lowest BCUT2D eigenvalue weighted by atomic mass is 10.1. The van der Waals surface area contributed by atoms with Gasteiger partial charge in [-0.05, 0) is 31.1 Å². The Bertz CT molecular complexity index is 614. The minimum absolute atomic E-state index is 0.0955. The summed E-state index contributed by atoms with van der Waals surface area (Å²) in [4.78, 5) is 12.2. The Labute approximate surface area is 111 Å². The third kappa shape index (κ3) is 2.42. The molecule has 0 saturated carbocycles. The van der Waals surface area contributed by atoms with Crippen LogP contribution in [0.15, 0.2) is 54.6 Å². The Morgan fingerprint density at radius 3 is 2.84 bits per heavy atom. The number of carbonyl (C=O) groups excluding carboxylic acids is 1. The van der Waals surface area contributed by atoms with Crippen molar-refractivity contribution in [3.63, 3.8) is 0 Å². The molecule has 0 bridgehead atoms. The predicted molar refractivity (Wildman–Crippen MR) is 71.2 cm³/mol. The Morgan fingerprint density at radius 1 is 1.26 bits per heavy atom. The number of allylic oxidation sites excluding steroid dienone is 2. The van der Waals surface area contributed by atoms with Crippen LogP contribution in [0.3, 0.4) is 0 Å². The molecule has 0 unspecified atom stereocenters. The second kappa shape index (κ2) is 5.10. The molecule has 0 amide bonds. The maximum absolute atomic E-state index is 12.2. The van der Waals surface area contributed by atoms with E-state index in [4.69, 9.17) is 4.74 Å². The molecule has 2 heterocycles. The number of rotatable bonds is 3. The zero-order valence-electron chi connectivity index (χ0n) is 10.5. The van der Waals surface area contributed by atoms with E-state index in [1.54, 1.807) is 17.1 Å². The molecule has 0 fully saturated rings. The normalized spacial score (nSPS) is 14.6. The Balaban J connectivity index is 1.85. The molecule has 1 aromatic heterocycles. The zero-order chi connectivity index (χ0) is 13.1. The van der Waals surface area contributed by atoms with Gasteiger partial charge in [0.1, 0.15) is 0 Å². The highest BCUT2D eigenvalue weighted by Crippen LogP contribution is 2.16. The van der Waals surface area contributed by atoms with Gasteiger partial charge in [-0.15, -0.1) is 0 Å². The molecule has 1 aliphatic heterocycles. The monoisotopic (exact) mass is 254 g/mol. The van der Waals surface area contributed by atoms with Gasteiger partial charge < -0.3 is 4.74 Å². The van der Waals surface area contributed by atoms with Gasteiger partial charge in [-0.3, -0.25) is 4.79 Å². The van der Waals surface area contributed by atoms with Crippen LogP contribution in [-0.4, -0.2) is 22.2 Å². The molecular weight excluding hydrogens is 240 g/mol. The van der Waals surface area contributed by atoms with E-state index in [0.29, 0.717) is 17.9 Å². The summed E-state index contributed by atoms with van der Waals surface area (Å²) >= 11 is 0. The maximum atomic E-state index is 12.2. The number of ketones is 1. The lowest BCUT2D eigenvalue weighted by Gasteiger charge is -2.12. The first-order valence-electron chi connectivity index (χ1n) is 6.32. The number of para-hydroxylation sites is 1. The average molecular weight is 254 g/mol. The number of benzene rings is 1. The fourth-order valence-electron chi connectivity index (χ4n) is 2.02. The molecule has 0 atom stereocenters. The molecule has 0 saturated heterocycles. The van der Waals surface area contributed by atoms with E-state index in [1.165, 1.54) is 0 Å². The third-order valence-electron chi connectivity index (χ3n) is 3.03. The molecule has 96 valence electrons. The van der Waals surface area contributed by atoms with Gasteiger partial charge in [0.15, 0.2) is 5.76 Å². The minimum Gasteiger partial charge on any atom is -0.490 e. The van der Waals surface area contributed by atoms with Gasteiger partial charge in [-0.2, -0.15) is 5.10 Å².